The van der Waals surface area contributed by atoms with E-state index in [0.717, 1.165) is 36.3 Å². The van der Waals surface area contributed by atoms with E-state index in [1.807, 2.05) is 0 Å². The summed E-state index contributed by atoms with van der Waals surface area (Å²) in [4.78, 5) is 11.0. The van der Waals surface area contributed by atoms with Crippen molar-refractivity contribution in [3.05, 3.63) is 6.33 Å². The molecular weight excluding hydrogens is 264 g/mol. The Hall–Kier alpha value is -1.52. The molecule has 2 rings (SSSR count). The molecule has 0 atom stereocenters. The Morgan fingerprint density at radius 3 is 2.62 bits per heavy atom. The summed E-state index contributed by atoms with van der Waals surface area (Å²) in [5.74, 6) is 3.29. The first-order valence-electron chi connectivity index (χ1n) is 8.03. The zero-order chi connectivity index (χ0) is 15.2. The molecule has 1 fully saturated rings. The van der Waals surface area contributed by atoms with E-state index < -0.39 is 0 Å². The first-order chi connectivity index (χ1) is 10.2. The van der Waals surface area contributed by atoms with Gasteiger partial charge in [0.2, 0.25) is 5.75 Å². The lowest BCUT2D eigenvalue weighted by molar-refractivity contribution is 0.337. The van der Waals surface area contributed by atoms with Crippen molar-refractivity contribution in [1.29, 1.82) is 0 Å². The van der Waals surface area contributed by atoms with Crippen LogP contribution in [0.1, 0.15) is 46.0 Å². The quantitative estimate of drug-likeness (QED) is 0.871. The summed E-state index contributed by atoms with van der Waals surface area (Å²) in [6.07, 6.45) is 7.72. The summed E-state index contributed by atoms with van der Waals surface area (Å²) in [5.41, 5.74) is 0. The average Bonchev–Trinajstić information content (AvgIpc) is 2.52. The van der Waals surface area contributed by atoms with Crippen molar-refractivity contribution in [2.45, 2.75) is 52.0 Å². The minimum atomic E-state index is 0.545. The van der Waals surface area contributed by atoms with Crippen molar-refractivity contribution in [3.8, 4) is 5.75 Å². The molecular formula is C16H28N4O. The zero-order valence-electron chi connectivity index (χ0n) is 13.7. The van der Waals surface area contributed by atoms with E-state index in [4.69, 9.17) is 4.74 Å². The van der Waals surface area contributed by atoms with Gasteiger partial charge in [-0.25, -0.2) is 9.97 Å². The molecule has 1 aromatic heterocycles. The molecule has 1 aliphatic carbocycles. The molecule has 0 unspecified atom stereocenters. The Morgan fingerprint density at radius 2 is 2.00 bits per heavy atom. The second kappa shape index (κ2) is 7.48. The Morgan fingerprint density at radius 1 is 1.29 bits per heavy atom. The molecule has 118 valence electrons. The second-order valence-corrected chi connectivity index (χ2v) is 6.03. The molecule has 0 spiro atoms. The number of aromatic nitrogens is 2. The van der Waals surface area contributed by atoms with E-state index in [-0.39, 0.29) is 0 Å². The van der Waals surface area contributed by atoms with Crippen LogP contribution in [-0.2, 0) is 0 Å². The van der Waals surface area contributed by atoms with Gasteiger partial charge >= 0.3 is 0 Å². The van der Waals surface area contributed by atoms with Gasteiger partial charge in [-0.1, -0.05) is 13.8 Å². The Labute approximate surface area is 128 Å². The molecule has 1 heterocycles. The second-order valence-electron chi connectivity index (χ2n) is 6.03. The van der Waals surface area contributed by atoms with Crippen LogP contribution in [0.5, 0.6) is 5.75 Å². The third-order valence-electron chi connectivity index (χ3n) is 4.40. The topological polar surface area (TPSA) is 50.3 Å². The molecule has 1 saturated carbocycles. The number of nitrogens with one attached hydrogen (secondary N) is 1. The van der Waals surface area contributed by atoms with E-state index in [0.29, 0.717) is 6.04 Å². The Balaban J connectivity index is 2.17. The van der Waals surface area contributed by atoms with E-state index in [1.165, 1.54) is 25.7 Å². The summed E-state index contributed by atoms with van der Waals surface area (Å²) in [6, 6.07) is 0.545. The van der Waals surface area contributed by atoms with Gasteiger partial charge in [-0.15, -0.1) is 0 Å². The third-order valence-corrected chi connectivity index (χ3v) is 4.40. The first-order valence-corrected chi connectivity index (χ1v) is 8.03. The maximum absolute atomic E-state index is 5.58. The lowest BCUT2D eigenvalue weighted by Crippen LogP contribution is -2.35. The molecule has 1 N–H and O–H groups in total. The van der Waals surface area contributed by atoms with Crippen molar-refractivity contribution in [2.24, 2.45) is 5.92 Å². The highest BCUT2D eigenvalue weighted by molar-refractivity contribution is 5.64. The van der Waals surface area contributed by atoms with Crippen LogP contribution in [0.15, 0.2) is 6.33 Å². The lowest BCUT2D eigenvalue weighted by Gasteiger charge is -2.35. The van der Waals surface area contributed by atoms with Gasteiger partial charge in [0.05, 0.1) is 7.11 Å². The van der Waals surface area contributed by atoms with Crippen molar-refractivity contribution in [1.82, 2.24) is 9.97 Å². The summed E-state index contributed by atoms with van der Waals surface area (Å²) in [7, 11) is 3.81. The van der Waals surface area contributed by atoms with Crippen LogP contribution in [0.3, 0.4) is 0 Å². The summed E-state index contributed by atoms with van der Waals surface area (Å²) in [5, 5.41) is 3.32. The maximum Gasteiger partial charge on any atom is 0.204 e. The van der Waals surface area contributed by atoms with Gasteiger partial charge in [-0.05, 0) is 38.0 Å². The first kappa shape index (κ1) is 15.9. The lowest BCUT2D eigenvalue weighted by atomic mass is 9.87. The van der Waals surface area contributed by atoms with Crippen LogP contribution in [0.2, 0.25) is 0 Å². The van der Waals surface area contributed by atoms with Gasteiger partial charge in [0.15, 0.2) is 11.6 Å². The standard InChI is InChI=1S/C16H28N4O/c1-5-10-17-15-14(21-4)16(19-11-18-15)20(3)13-8-6-12(2)7-9-13/h11-13H,5-10H2,1-4H3,(H,17,18,19). The maximum atomic E-state index is 5.58. The van der Waals surface area contributed by atoms with Crippen LogP contribution >= 0.6 is 0 Å². The van der Waals surface area contributed by atoms with Crippen LogP contribution in [0.25, 0.3) is 0 Å². The predicted octanol–water partition coefficient (Wildman–Crippen LogP) is 3.32. The van der Waals surface area contributed by atoms with Crippen molar-refractivity contribution in [3.63, 3.8) is 0 Å². The fraction of sp³-hybridized carbons (Fsp3) is 0.750. The van der Waals surface area contributed by atoms with Crippen molar-refractivity contribution in [2.75, 3.05) is 30.9 Å². The number of nitrogens with zero attached hydrogens (tertiary/aromatic N) is 3. The smallest absolute Gasteiger partial charge is 0.204 e. The molecule has 1 aromatic rings. The largest absolute Gasteiger partial charge is 0.490 e. The van der Waals surface area contributed by atoms with E-state index in [9.17, 15) is 0 Å². The van der Waals surface area contributed by atoms with Gasteiger partial charge in [0, 0.05) is 19.6 Å². The monoisotopic (exact) mass is 292 g/mol. The predicted molar refractivity (Wildman–Crippen MR) is 87.2 cm³/mol. The SMILES string of the molecule is CCCNc1ncnc(N(C)C2CCC(C)CC2)c1OC. The van der Waals surface area contributed by atoms with Gasteiger partial charge < -0.3 is 15.0 Å². The number of anilines is 2. The van der Waals surface area contributed by atoms with Gasteiger partial charge in [-0.3, -0.25) is 0 Å². The molecule has 0 radical (unpaired) electrons. The van der Waals surface area contributed by atoms with E-state index in [2.05, 4.69) is 41.1 Å². The van der Waals surface area contributed by atoms with Crippen LogP contribution in [0, 0.1) is 5.92 Å². The number of rotatable bonds is 6. The summed E-state index contributed by atoms with van der Waals surface area (Å²) < 4.78 is 5.58. The molecule has 1 aliphatic rings. The van der Waals surface area contributed by atoms with Crippen LogP contribution < -0.4 is 15.0 Å². The Bertz CT molecular complexity index is 444. The highest BCUT2D eigenvalue weighted by atomic mass is 16.5. The summed E-state index contributed by atoms with van der Waals surface area (Å²) >= 11 is 0. The molecule has 0 bridgehead atoms. The molecule has 5 heteroatoms. The molecule has 5 nitrogen and oxygen atoms in total. The fourth-order valence-corrected chi connectivity index (χ4v) is 2.98. The van der Waals surface area contributed by atoms with Gasteiger partial charge in [0.1, 0.15) is 6.33 Å². The van der Waals surface area contributed by atoms with Crippen molar-refractivity contribution >= 4 is 11.6 Å². The third kappa shape index (κ3) is 3.77. The molecule has 0 aromatic carbocycles. The van der Waals surface area contributed by atoms with Gasteiger partial charge in [0.25, 0.3) is 0 Å². The minimum Gasteiger partial charge on any atom is -0.490 e. The molecule has 0 amide bonds. The highest BCUT2D eigenvalue weighted by Gasteiger charge is 2.25. The molecule has 21 heavy (non-hydrogen) atoms. The van der Waals surface area contributed by atoms with Gasteiger partial charge in [-0.2, -0.15) is 0 Å². The molecule has 0 aliphatic heterocycles. The fourth-order valence-electron chi connectivity index (χ4n) is 2.98. The number of hydrogen-bond acceptors (Lipinski definition) is 5. The van der Waals surface area contributed by atoms with E-state index in [1.54, 1.807) is 13.4 Å². The normalized spacial score (nSPS) is 21.9. The van der Waals surface area contributed by atoms with Crippen molar-refractivity contribution < 1.29 is 4.74 Å². The number of methoxy groups -OCH3 is 1. The number of ether oxygens (including phenoxy) is 1. The average molecular weight is 292 g/mol. The van der Waals surface area contributed by atoms with Crippen LogP contribution in [-0.4, -0.2) is 36.7 Å². The minimum absolute atomic E-state index is 0.545. The highest BCUT2D eigenvalue weighted by Crippen LogP contribution is 2.35. The van der Waals surface area contributed by atoms with Crippen LogP contribution in [0.4, 0.5) is 11.6 Å². The zero-order valence-corrected chi connectivity index (χ0v) is 13.7. The Kier molecular flexibility index (Phi) is 5.65. The number of hydrogen-bond donors (Lipinski definition) is 1. The van der Waals surface area contributed by atoms with E-state index >= 15 is 0 Å². The summed E-state index contributed by atoms with van der Waals surface area (Å²) in [6.45, 7) is 5.36. The molecule has 0 saturated heterocycles.